The number of fused-ring (bicyclic) bond motifs is 1. The number of H-pyrrole nitrogens is 1. The molecule has 0 spiro atoms. The van der Waals surface area contributed by atoms with Gasteiger partial charge < -0.3 is 4.98 Å². The lowest BCUT2D eigenvalue weighted by Gasteiger charge is -2.11. The van der Waals surface area contributed by atoms with Crippen molar-refractivity contribution in [2.45, 2.75) is 6.92 Å². The van der Waals surface area contributed by atoms with Gasteiger partial charge in [0.1, 0.15) is 5.82 Å². The molecule has 140 valence electrons. The number of carbonyl (C=O) groups excluding carboxylic acids is 1. The molecular formula is C21H12F4N2O. The van der Waals surface area contributed by atoms with Gasteiger partial charge in [-0.05, 0) is 30.2 Å². The molecule has 4 aromatic rings. The summed E-state index contributed by atoms with van der Waals surface area (Å²) in [6, 6.07) is 10.5. The Morgan fingerprint density at radius 3 is 2.11 bits per heavy atom. The summed E-state index contributed by atoms with van der Waals surface area (Å²) in [6.07, 6.45) is 0.548. The van der Waals surface area contributed by atoms with Crippen LogP contribution in [0.15, 0.2) is 42.5 Å². The zero-order valence-electron chi connectivity index (χ0n) is 14.5. The topological polar surface area (TPSA) is 45.8 Å². The maximum atomic E-state index is 14.8. The summed E-state index contributed by atoms with van der Waals surface area (Å²) < 4.78 is 58.8. The zero-order valence-corrected chi connectivity index (χ0v) is 14.5. The number of nitrogens with one attached hydrogen (secondary N) is 1. The fourth-order valence-electron chi connectivity index (χ4n) is 3.20. The van der Waals surface area contributed by atoms with Crippen molar-refractivity contribution in [2.24, 2.45) is 0 Å². The minimum atomic E-state index is -1.57. The molecule has 0 amide bonds. The van der Waals surface area contributed by atoms with E-state index in [0.717, 1.165) is 0 Å². The van der Waals surface area contributed by atoms with Gasteiger partial charge >= 0.3 is 0 Å². The summed E-state index contributed by atoms with van der Waals surface area (Å²) >= 11 is 0. The Kier molecular flexibility index (Phi) is 4.22. The zero-order chi connectivity index (χ0) is 20.0. The van der Waals surface area contributed by atoms with Gasteiger partial charge in [0.2, 0.25) is 0 Å². The quantitative estimate of drug-likeness (QED) is 0.285. The van der Waals surface area contributed by atoms with Gasteiger partial charge in [-0.15, -0.1) is 0 Å². The number of halogens is 4. The predicted molar refractivity (Wildman–Crippen MR) is 96.9 cm³/mol. The molecule has 0 aliphatic rings. The van der Waals surface area contributed by atoms with Crippen LogP contribution in [0.3, 0.4) is 0 Å². The number of aryl methyl sites for hydroxylation is 1. The number of hydrogen-bond acceptors (Lipinski definition) is 2. The monoisotopic (exact) mass is 384 g/mol. The maximum absolute atomic E-state index is 14.8. The van der Waals surface area contributed by atoms with Gasteiger partial charge in [-0.3, -0.25) is 4.79 Å². The Bertz CT molecular complexity index is 1200. The molecule has 1 N–H and O–H groups in total. The first-order valence-electron chi connectivity index (χ1n) is 8.29. The van der Waals surface area contributed by atoms with Crippen LogP contribution < -0.4 is 0 Å². The molecule has 1 heterocycles. The first-order chi connectivity index (χ1) is 13.4. The van der Waals surface area contributed by atoms with E-state index in [2.05, 4.69) is 9.97 Å². The Morgan fingerprint density at radius 2 is 1.50 bits per heavy atom. The highest BCUT2D eigenvalue weighted by molar-refractivity contribution is 5.96. The standard InChI is InChI=1S/C21H12F4N2O/c1-10-7-12(9-28)20-13(8-10)26-21(27-20)15-18(24)16(22)14(17(23)19(15)25)11-5-3-2-4-6-11/h2-9H,1H3,(H,26,27). The van der Waals surface area contributed by atoms with Crippen molar-refractivity contribution in [3.63, 3.8) is 0 Å². The summed E-state index contributed by atoms with van der Waals surface area (Å²) in [4.78, 5) is 17.9. The normalized spacial score (nSPS) is 11.2. The minimum Gasteiger partial charge on any atom is -0.338 e. The van der Waals surface area contributed by atoms with E-state index in [0.29, 0.717) is 17.4 Å². The van der Waals surface area contributed by atoms with Gasteiger partial charge in [-0.1, -0.05) is 30.3 Å². The van der Waals surface area contributed by atoms with Crippen LogP contribution in [-0.2, 0) is 0 Å². The second kappa shape index (κ2) is 6.60. The van der Waals surface area contributed by atoms with Crippen molar-refractivity contribution in [2.75, 3.05) is 0 Å². The second-order valence-corrected chi connectivity index (χ2v) is 6.33. The van der Waals surface area contributed by atoms with Crippen molar-refractivity contribution < 1.29 is 22.4 Å². The smallest absolute Gasteiger partial charge is 0.173 e. The molecule has 28 heavy (non-hydrogen) atoms. The number of imidazole rings is 1. The summed E-state index contributed by atoms with van der Waals surface area (Å²) in [5.74, 6) is -6.59. The molecule has 0 atom stereocenters. The largest absolute Gasteiger partial charge is 0.338 e. The Balaban J connectivity index is 2.00. The third kappa shape index (κ3) is 2.67. The van der Waals surface area contributed by atoms with E-state index < -0.39 is 40.2 Å². The molecule has 7 heteroatoms. The molecule has 0 radical (unpaired) electrons. The first-order valence-corrected chi connectivity index (χ1v) is 8.29. The lowest BCUT2D eigenvalue weighted by molar-refractivity contribution is 0.112. The number of carbonyl (C=O) groups is 1. The average Bonchev–Trinajstić information content (AvgIpc) is 3.10. The summed E-state index contributed by atoms with van der Waals surface area (Å²) in [6.45, 7) is 1.72. The summed E-state index contributed by atoms with van der Waals surface area (Å²) in [5.41, 5.74) is -0.362. The van der Waals surface area contributed by atoms with Crippen LogP contribution in [0.25, 0.3) is 33.5 Å². The number of aldehydes is 1. The third-order valence-electron chi connectivity index (χ3n) is 4.45. The van der Waals surface area contributed by atoms with E-state index in [1.807, 2.05) is 0 Å². The van der Waals surface area contributed by atoms with E-state index in [-0.39, 0.29) is 16.6 Å². The van der Waals surface area contributed by atoms with Gasteiger partial charge in [0.15, 0.2) is 29.6 Å². The highest BCUT2D eigenvalue weighted by Gasteiger charge is 2.28. The van der Waals surface area contributed by atoms with E-state index >= 15 is 0 Å². The van der Waals surface area contributed by atoms with Crippen LogP contribution in [0, 0.1) is 30.2 Å². The molecule has 0 fully saturated rings. The van der Waals surface area contributed by atoms with Gasteiger partial charge in [0, 0.05) is 5.56 Å². The number of benzene rings is 3. The van der Waals surface area contributed by atoms with Crippen LogP contribution in [0.5, 0.6) is 0 Å². The number of aromatic nitrogens is 2. The van der Waals surface area contributed by atoms with Gasteiger partial charge in [0.05, 0.1) is 22.2 Å². The summed E-state index contributed by atoms with van der Waals surface area (Å²) in [7, 11) is 0. The van der Waals surface area contributed by atoms with Gasteiger partial charge in [-0.25, -0.2) is 22.5 Å². The molecule has 0 saturated carbocycles. The Morgan fingerprint density at radius 1 is 0.893 bits per heavy atom. The van der Waals surface area contributed by atoms with Crippen LogP contribution in [0.4, 0.5) is 17.6 Å². The van der Waals surface area contributed by atoms with E-state index in [4.69, 9.17) is 0 Å². The van der Waals surface area contributed by atoms with Crippen LogP contribution >= 0.6 is 0 Å². The maximum Gasteiger partial charge on any atom is 0.173 e. The predicted octanol–water partition coefficient (Wildman–Crippen LogP) is 5.57. The highest BCUT2D eigenvalue weighted by Crippen LogP contribution is 2.36. The lowest BCUT2D eigenvalue weighted by atomic mass is 10.0. The van der Waals surface area contributed by atoms with Gasteiger partial charge in [-0.2, -0.15) is 0 Å². The minimum absolute atomic E-state index is 0.00493. The molecule has 0 bridgehead atoms. The van der Waals surface area contributed by atoms with Crippen LogP contribution in [0.2, 0.25) is 0 Å². The van der Waals surface area contributed by atoms with Crippen molar-refractivity contribution >= 4 is 17.3 Å². The average molecular weight is 384 g/mol. The molecule has 3 aromatic carbocycles. The lowest BCUT2D eigenvalue weighted by Crippen LogP contribution is -2.04. The first kappa shape index (κ1) is 17.9. The van der Waals surface area contributed by atoms with Crippen LogP contribution in [0.1, 0.15) is 15.9 Å². The highest BCUT2D eigenvalue weighted by atomic mass is 19.2. The van der Waals surface area contributed by atoms with Crippen molar-refractivity contribution in [3.8, 4) is 22.5 Å². The van der Waals surface area contributed by atoms with Crippen molar-refractivity contribution in [1.82, 2.24) is 9.97 Å². The fourth-order valence-corrected chi connectivity index (χ4v) is 3.20. The Labute approximate surface area is 156 Å². The fraction of sp³-hybridized carbons (Fsp3) is 0.0476. The molecule has 0 aliphatic carbocycles. The van der Waals surface area contributed by atoms with Crippen molar-refractivity contribution in [1.29, 1.82) is 0 Å². The molecule has 0 aliphatic heterocycles. The molecule has 4 rings (SSSR count). The van der Waals surface area contributed by atoms with E-state index in [1.54, 1.807) is 25.1 Å². The van der Waals surface area contributed by atoms with E-state index in [9.17, 15) is 22.4 Å². The molecule has 1 aromatic heterocycles. The molecule has 0 unspecified atom stereocenters. The van der Waals surface area contributed by atoms with Gasteiger partial charge in [0.25, 0.3) is 0 Å². The number of nitrogens with zero attached hydrogens (tertiary/aromatic N) is 1. The second-order valence-electron chi connectivity index (χ2n) is 6.33. The van der Waals surface area contributed by atoms with E-state index in [1.165, 1.54) is 24.3 Å². The number of aromatic amines is 1. The molecular weight excluding hydrogens is 372 g/mol. The molecule has 0 saturated heterocycles. The summed E-state index contributed by atoms with van der Waals surface area (Å²) in [5, 5.41) is 0. The van der Waals surface area contributed by atoms with Crippen LogP contribution in [-0.4, -0.2) is 16.3 Å². The Hall–Kier alpha value is -3.48. The third-order valence-corrected chi connectivity index (χ3v) is 4.45. The SMILES string of the molecule is Cc1cc(C=O)c2nc(-c3c(F)c(F)c(-c4ccccc4)c(F)c3F)[nH]c2c1. The number of hydrogen-bond donors (Lipinski definition) is 1. The number of rotatable bonds is 3. The van der Waals surface area contributed by atoms with Crippen molar-refractivity contribution in [3.05, 3.63) is 76.9 Å². The molecule has 3 nitrogen and oxygen atoms in total.